The third kappa shape index (κ3) is 3.80. The number of benzene rings is 1. The van der Waals surface area contributed by atoms with E-state index in [9.17, 15) is 18.0 Å². The smallest absolute Gasteiger partial charge is 0.379 e. The van der Waals surface area contributed by atoms with Gasteiger partial charge in [0.25, 0.3) is 0 Å². The van der Waals surface area contributed by atoms with Gasteiger partial charge in [-0.25, -0.2) is 4.98 Å². The summed E-state index contributed by atoms with van der Waals surface area (Å²) in [7, 11) is 0. The van der Waals surface area contributed by atoms with Crippen molar-refractivity contribution in [1.82, 2.24) is 15.0 Å². The number of pyridine rings is 1. The van der Waals surface area contributed by atoms with Gasteiger partial charge in [0.1, 0.15) is 5.69 Å². The summed E-state index contributed by atoms with van der Waals surface area (Å²) in [5, 5.41) is -0.242. The zero-order chi connectivity index (χ0) is 18.7. The summed E-state index contributed by atoms with van der Waals surface area (Å²) in [6.07, 6.45) is -2.45. The van der Waals surface area contributed by atoms with Gasteiger partial charge in [0.15, 0.2) is 11.6 Å². The van der Waals surface area contributed by atoms with Gasteiger partial charge in [-0.2, -0.15) is 18.7 Å². The van der Waals surface area contributed by atoms with Crippen LogP contribution >= 0.6 is 11.6 Å². The SMILES string of the molecule is O=C(NOc1ccccc1)c1cccn1-c1ncc(C(F)(F)F)cc1Cl. The molecule has 0 spiro atoms. The first-order valence-electron chi connectivity index (χ1n) is 7.29. The van der Waals surface area contributed by atoms with Crippen LogP contribution in [0.3, 0.4) is 0 Å². The van der Waals surface area contributed by atoms with Crippen molar-refractivity contribution in [2.24, 2.45) is 0 Å². The molecule has 0 aliphatic heterocycles. The second-order valence-electron chi connectivity index (χ2n) is 5.14. The van der Waals surface area contributed by atoms with E-state index in [2.05, 4.69) is 10.5 Å². The van der Waals surface area contributed by atoms with Crippen LogP contribution in [0.15, 0.2) is 60.9 Å². The molecule has 0 saturated heterocycles. The van der Waals surface area contributed by atoms with Crippen molar-refractivity contribution >= 4 is 17.5 Å². The van der Waals surface area contributed by atoms with Crippen molar-refractivity contribution in [1.29, 1.82) is 0 Å². The Hall–Kier alpha value is -3.00. The monoisotopic (exact) mass is 381 g/mol. The van der Waals surface area contributed by atoms with Crippen LogP contribution in [0.1, 0.15) is 16.1 Å². The van der Waals surface area contributed by atoms with Gasteiger partial charge in [0.2, 0.25) is 0 Å². The predicted molar refractivity (Wildman–Crippen MR) is 88.1 cm³/mol. The molecule has 0 aliphatic carbocycles. The first kappa shape index (κ1) is 17.8. The molecule has 1 N–H and O–H groups in total. The maximum absolute atomic E-state index is 12.7. The summed E-state index contributed by atoms with van der Waals surface area (Å²) in [5.74, 6) is -0.198. The number of hydrogen-bond donors (Lipinski definition) is 1. The lowest BCUT2D eigenvalue weighted by Crippen LogP contribution is -2.28. The highest BCUT2D eigenvalue weighted by Gasteiger charge is 2.32. The lowest BCUT2D eigenvalue weighted by atomic mass is 10.2. The summed E-state index contributed by atoms with van der Waals surface area (Å²) in [5.41, 5.74) is 1.37. The van der Waals surface area contributed by atoms with Crippen molar-refractivity contribution < 1.29 is 22.8 Å². The Kier molecular flexibility index (Phi) is 4.85. The molecule has 0 unspecified atom stereocenters. The van der Waals surface area contributed by atoms with E-state index in [1.54, 1.807) is 30.3 Å². The normalized spacial score (nSPS) is 11.2. The van der Waals surface area contributed by atoms with Gasteiger partial charge < -0.3 is 4.84 Å². The summed E-state index contributed by atoms with van der Waals surface area (Å²) < 4.78 is 39.4. The topological polar surface area (TPSA) is 56.1 Å². The largest absolute Gasteiger partial charge is 0.417 e. The molecule has 0 fully saturated rings. The van der Waals surface area contributed by atoms with E-state index in [0.29, 0.717) is 11.9 Å². The highest BCUT2D eigenvalue weighted by atomic mass is 35.5. The molecule has 0 radical (unpaired) electrons. The number of carbonyl (C=O) groups excluding carboxylic acids is 1. The average molecular weight is 382 g/mol. The molecule has 9 heteroatoms. The van der Waals surface area contributed by atoms with Crippen LogP contribution in [0, 0.1) is 0 Å². The molecule has 134 valence electrons. The Morgan fingerprint density at radius 1 is 1.15 bits per heavy atom. The minimum atomic E-state index is -4.56. The molecule has 0 saturated carbocycles. The standard InChI is InChI=1S/C17H11ClF3N3O2/c18-13-9-11(17(19,20)21)10-22-15(13)24-8-4-7-14(24)16(25)23-26-12-5-2-1-3-6-12/h1-10H,(H,23,25). The average Bonchev–Trinajstić information content (AvgIpc) is 3.09. The number of carbonyl (C=O) groups is 1. The molecule has 0 bridgehead atoms. The van der Waals surface area contributed by atoms with Gasteiger partial charge in [-0.05, 0) is 30.3 Å². The van der Waals surface area contributed by atoms with Gasteiger partial charge in [-0.15, -0.1) is 0 Å². The molecule has 5 nitrogen and oxygen atoms in total. The third-order valence-corrected chi connectivity index (χ3v) is 3.64. The second kappa shape index (κ2) is 7.09. The third-order valence-electron chi connectivity index (χ3n) is 3.36. The number of hydrogen-bond acceptors (Lipinski definition) is 3. The number of para-hydroxylation sites is 1. The molecular weight excluding hydrogens is 371 g/mol. The lowest BCUT2D eigenvalue weighted by molar-refractivity contribution is -0.137. The van der Waals surface area contributed by atoms with Crippen LogP contribution in [0.5, 0.6) is 5.75 Å². The number of rotatable bonds is 4. The number of alkyl halides is 3. The molecule has 2 heterocycles. The van der Waals surface area contributed by atoms with Crippen molar-refractivity contribution in [3.63, 3.8) is 0 Å². The van der Waals surface area contributed by atoms with E-state index in [4.69, 9.17) is 16.4 Å². The first-order valence-corrected chi connectivity index (χ1v) is 7.67. The molecule has 3 rings (SSSR count). The van der Waals surface area contributed by atoms with E-state index in [-0.39, 0.29) is 16.5 Å². The van der Waals surface area contributed by atoms with Crippen LogP contribution in [0.2, 0.25) is 5.02 Å². The molecule has 3 aromatic rings. The minimum absolute atomic E-state index is 0.00507. The van der Waals surface area contributed by atoms with E-state index in [0.717, 1.165) is 6.07 Å². The van der Waals surface area contributed by atoms with Crippen LogP contribution in [-0.4, -0.2) is 15.5 Å². The van der Waals surface area contributed by atoms with Crippen LogP contribution in [-0.2, 0) is 6.18 Å². The quantitative estimate of drug-likeness (QED) is 0.687. The van der Waals surface area contributed by atoms with Crippen LogP contribution in [0.4, 0.5) is 13.2 Å². The number of halogens is 4. The van der Waals surface area contributed by atoms with Crippen molar-refractivity contribution in [2.45, 2.75) is 6.18 Å². The van der Waals surface area contributed by atoms with Crippen molar-refractivity contribution in [2.75, 3.05) is 0 Å². The highest BCUT2D eigenvalue weighted by Crippen LogP contribution is 2.32. The van der Waals surface area contributed by atoms with E-state index < -0.39 is 17.6 Å². The van der Waals surface area contributed by atoms with Gasteiger partial charge in [0.05, 0.1) is 10.6 Å². The van der Waals surface area contributed by atoms with E-state index in [1.807, 2.05) is 0 Å². The Balaban J connectivity index is 1.83. The van der Waals surface area contributed by atoms with Gasteiger partial charge >= 0.3 is 12.1 Å². The Bertz CT molecular complexity index is 927. The first-order chi connectivity index (χ1) is 12.4. The Morgan fingerprint density at radius 2 is 1.88 bits per heavy atom. The Morgan fingerprint density at radius 3 is 2.54 bits per heavy atom. The zero-order valence-electron chi connectivity index (χ0n) is 13.0. The number of nitrogens with zero attached hydrogens (tertiary/aromatic N) is 2. The lowest BCUT2D eigenvalue weighted by Gasteiger charge is -2.12. The van der Waals surface area contributed by atoms with E-state index in [1.165, 1.54) is 22.9 Å². The number of aromatic nitrogens is 2. The fourth-order valence-electron chi connectivity index (χ4n) is 2.16. The molecular formula is C17H11ClF3N3O2. The maximum atomic E-state index is 12.7. The van der Waals surface area contributed by atoms with Gasteiger partial charge in [-0.3, -0.25) is 9.36 Å². The number of amides is 1. The molecule has 26 heavy (non-hydrogen) atoms. The molecule has 2 aromatic heterocycles. The fourth-order valence-corrected chi connectivity index (χ4v) is 2.42. The maximum Gasteiger partial charge on any atom is 0.417 e. The molecule has 1 amide bonds. The zero-order valence-corrected chi connectivity index (χ0v) is 13.8. The summed E-state index contributed by atoms with van der Waals surface area (Å²) >= 11 is 5.93. The second-order valence-corrected chi connectivity index (χ2v) is 5.54. The van der Waals surface area contributed by atoms with Crippen LogP contribution in [0.25, 0.3) is 5.82 Å². The molecule has 1 aromatic carbocycles. The number of hydroxylamine groups is 1. The van der Waals surface area contributed by atoms with E-state index >= 15 is 0 Å². The van der Waals surface area contributed by atoms with Gasteiger partial charge in [0, 0.05) is 12.4 Å². The van der Waals surface area contributed by atoms with Crippen molar-refractivity contribution in [3.8, 4) is 11.6 Å². The predicted octanol–water partition coefficient (Wildman–Crippen LogP) is 4.27. The minimum Gasteiger partial charge on any atom is -0.379 e. The van der Waals surface area contributed by atoms with Gasteiger partial charge in [-0.1, -0.05) is 29.8 Å². The number of nitrogens with one attached hydrogen (secondary N) is 1. The summed E-state index contributed by atoms with van der Waals surface area (Å²) in [6, 6.07) is 12.3. The molecule has 0 atom stereocenters. The fraction of sp³-hybridized carbons (Fsp3) is 0.0588. The van der Waals surface area contributed by atoms with Crippen LogP contribution < -0.4 is 10.3 Å². The molecule has 0 aliphatic rings. The van der Waals surface area contributed by atoms with Crippen molar-refractivity contribution in [3.05, 3.63) is 77.2 Å². The summed E-state index contributed by atoms with van der Waals surface area (Å²) in [6.45, 7) is 0. The Labute approximate surface area is 150 Å². The summed E-state index contributed by atoms with van der Waals surface area (Å²) in [4.78, 5) is 21.2. The highest BCUT2D eigenvalue weighted by molar-refractivity contribution is 6.32.